The molecular weight excluding hydrogens is 234 g/mol. The van der Waals surface area contributed by atoms with E-state index >= 15 is 0 Å². The summed E-state index contributed by atoms with van der Waals surface area (Å²) in [5.74, 6) is 0.666. The number of rotatable bonds is 5. The maximum atomic E-state index is 7.59. The van der Waals surface area contributed by atoms with Gasteiger partial charge in [-0.05, 0) is 24.5 Å². The molecule has 0 amide bonds. The largest absolute Gasteiger partial charge is 0.384 e. The van der Waals surface area contributed by atoms with E-state index in [9.17, 15) is 0 Å². The van der Waals surface area contributed by atoms with Gasteiger partial charge in [0, 0.05) is 19.3 Å². The maximum absolute atomic E-state index is 7.59. The fraction of sp³-hybridized carbons (Fsp3) is 0.462. The predicted molar refractivity (Wildman–Crippen MR) is 75.2 cm³/mol. The van der Waals surface area contributed by atoms with Crippen LogP contribution in [0.25, 0.3) is 0 Å². The smallest absolute Gasteiger partial charge is 0.126 e. The average molecular weight is 254 g/mol. The molecule has 4 heteroatoms. The number of benzene rings is 1. The van der Waals surface area contributed by atoms with Crippen LogP contribution in [0, 0.1) is 11.3 Å². The van der Waals surface area contributed by atoms with Crippen molar-refractivity contribution in [3.8, 4) is 0 Å². The number of nitrogens with one attached hydrogen (secondary N) is 1. The van der Waals surface area contributed by atoms with Gasteiger partial charge in [0.15, 0.2) is 0 Å². The van der Waals surface area contributed by atoms with E-state index in [-0.39, 0.29) is 5.84 Å². The molecule has 0 spiro atoms. The van der Waals surface area contributed by atoms with Crippen molar-refractivity contribution in [3.05, 3.63) is 28.8 Å². The Bertz CT molecular complexity index is 402. The Morgan fingerprint density at radius 1 is 1.47 bits per heavy atom. The Kier molecular flexibility index (Phi) is 4.82. The molecule has 1 aromatic rings. The van der Waals surface area contributed by atoms with Crippen LogP contribution in [0.3, 0.4) is 0 Å². The highest BCUT2D eigenvalue weighted by Gasteiger charge is 2.13. The summed E-state index contributed by atoms with van der Waals surface area (Å²) in [6, 6.07) is 5.59. The summed E-state index contributed by atoms with van der Waals surface area (Å²) in [7, 11) is 2.00. The van der Waals surface area contributed by atoms with E-state index in [1.807, 2.05) is 19.2 Å². The highest BCUT2D eigenvalue weighted by molar-refractivity contribution is 6.34. The maximum Gasteiger partial charge on any atom is 0.126 e. The van der Waals surface area contributed by atoms with E-state index in [1.54, 1.807) is 6.07 Å². The van der Waals surface area contributed by atoms with E-state index in [1.165, 1.54) is 0 Å². The standard InChI is InChI=1S/C13H20ClN3/c1-9(2)7-8-17(3)11-6-4-5-10(14)12(11)13(15)16/h4-6,9H,7-8H2,1-3H3,(H3,15,16). The number of hydrogen-bond acceptors (Lipinski definition) is 2. The number of anilines is 1. The average Bonchev–Trinajstić information content (AvgIpc) is 2.24. The third-order valence-corrected chi connectivity index (χ3v) is 3.03. The SMILES string of the molecule is CC(C)CCN(C)c1cccc(Cl)c1C(=N)N. The summed E-state index contributed by atoms with van der Waals surface area (Å²) in [5, 5.41) is 8.13. The van der Waals surface area contributed by atoms with E-state index in [0.29, 0.717) is 16.5 Å². The van der Waals surface area contributed by atoms with Crippen LogP contribution in [0.2, 0.25) is 5.02 Å². The van der Waals surface area contributed by atoms with Crippen molar-refractivity contribution in [1.82, 2.24) is 0 Å². The van der Waals surface area contributed by atoms with Gasteiger partial charge < -0.3 is 10.6 Å². The minimum atomic E-state index is 0.0157. The monoisotopic (exact) mass is 253 g/mol. The summed E-state index contributed by atoms with van der Waals surface area (Å²) in [4.78, 5) is 2.10. The minimum absolute atomic E-state index is 0.0157. The minimum Gasteiger partial charge on any atom is -0.384 e. The first-order valence-electron chi connectivity index (χ1n) is 5.77. The zero-order valence-corrected chi connectivity index (χ0v) is 11.4. The van der Waals surface area contributed by atoms with Crippen molar-refractivity contribution in [2.75, 3.05) is 18.5 Å². The molecule has 0 aliphatic rings. The molecule has 94 valence electrons. The first kappa shape index (κ1) is 13.8. The number of nitrogen functional groups attached to an aromatic ring is 1. The van der Waals surface area contributed by atoms with Gasteiger partial charge in [-0.25, -0.2) is 0 Å². The van der Waals surface area contributed by atoms with Crippen LogP contribution in [-0.2, 0) is 0 Å². The van der Waals surface area contributed by atoms with Crippen molar-refractivity contribution in [2.45, 2.75) is 20.3 Å². The van der Waals surface area contributed by atoms with Crippen molar-refractivity contribution < 1.29 is 0 Å². The molecule has 0 aliphatic carbocycles. The summed E-state index contributed by atoms with van der Waals surface area (Å²) >= 11 is 6.08. The van der Waals surface area contributed by atoms with Crippen molar-refractivity contribution in [1.29, 1.82) is 5.41 Å². The highest BCUT2D eigenvalue weighted by atomic mass is 35.5. The van der Waals surface area contributed by atoms with Gasteiger partial charge in [-0.15, -0.1) is 0 Å². The van der Waals surface area contributed by atoms with Crippen LogP contribution < -0.4 is 10.6 Å². The molecule has 0 atom stereocenters. The molecule has 1 rings (SSSR count). The van der Waals surface area contributed by atoms with Crippen LogP contribution in [-0.4, -0.2) is 19.4 Å². The summed E-state index contributed by atoms with van der Waals surface area (Å²) in [6.45, 7) is 5.31. The van der Waals surface area contributed by atoms with Crippen LogP contribution >= 0.6 is 11.6 Å². The molecule has 0 aliphatic heterocycles. The zero-order valence-electron chi connectivity index (χ0n) is 10.6. The van der Waals surface area contributed by atoms with Crippen molar-refractivity contribution in [3.63, 3.8) is 0 Å². The normalized spacial score (nSPS) is 10.6. The number of nitrogens with two attached hydrogens (primary N) is 1. The Morgan fingerprint density at radius 2 is 2.12 bits per heavy atom. The summed E-state index contributed by atoms with van der Waals surface area (Å²) in [6.07, 6.45) is 1.10. The number of halogens is 1. The van der Waals surface area contributed by atoms with Gasteiger partial charge in [0.25, 0.3) is 0 Å². The number of amidine groups is 1. The quantitative estimate of drug-likeness (QED) is 0.626. The summed E-state index contributed by atoms with van der Waals surface area (Å²) < 4.78 is 0. The second-order valence-electron chi connectivity index (χ2n) is 4.65. The number of nitrogens with zero attached hydrogens (tertiary/aromatic N) is 1. The fourth-order valence-electron chi connectivity index (χ4n) is 1.67. The first-order chi connectivity index (χ1) is 7.93. The molecule has 0 unspecified atom stereocenters. The lowest BCUT2D eigenvalue weighted by Crippen LogP contribution is -2.24. The molecule has 17 heavy (non-hydrogen) atoms. The molecule has 0 saturated heterocycles. The van der Waals surface area contributed by atoms with Gasteiger partial charge in [0.1, 0.15) is 5.84 Å². The van der Waals surface area contributed by atoms with E-state index < -0.39 is 0 Å². The molecule has 0 heterocycles. The topological polar surface area (TPSA) is 53.1 Å². The molecule has 0 aromatic heterocycles. The van der Waals surface area contributed by atoms with Crippen LogP contribution in [0.15, 0.2) is 18.2 Å². The van der Waals surface area contributed by atoms with E-state index in [0.717, 1.165) is 18.7 Å². The Hall–Kier alpha value is -1.22. The Balaban J connectivity index is 2.96. The third-order valence-electron chi connectivity index (χ3n) is 2.71. The van der Waals surface area contributed by atoms with E-state index in [4.69, 9.17) is 22.7 Å². The van der Waals surface area contributed by atoms with Gasteiger partial charge in [-0.1, -0.05) is 31.5 Å². The molecular formula is C13H20ClN3. The third kappa shape index (κ3) is 3.63. The second-order valence-corrected chi connectivity index (χ2v) is 5.06. The van der Waals surface area contributed by atoms with Gasteiger partial charge in [-0.3, -0.25) is 5.41 Å². The molecule has 0 fully saturated rings. The van der Waals surface area contributed by atoms with E-state index in [2.05, 4.69) is 18.7 Å². The molecule has 0 bridgehead atoms. The predicted octanol–water partition coefficient (Wildman–Crippen LogP) is 3.11. The number of hydrogen-bond donors (Lipinski definition) is 2. The van der Waals surface area contributed by atoms with Crippen LogP contribution in [0.5, 0.6) is 0 Å². The molecule has 0 radical (unpaired) electrons. The van der Waals surface area contributed by atoms with Gasteiger partial charge >= 0.3 is 0 Å². The molecule has 3 N–H and O–H groups in total. The Labute approximate surface area is 108 Å². The first-order valence-corrected chi connectivity index (χ1v) is 6.15. The van der Waals surface area contributed by atoms with Gasteiger partial charge in [-0.2, -0.15) is 0 Å². The molecule has 3 nitrogen and oxygen atoms in total. The van der Waals surface area contributed by atoms with Crippen LogP contribution in [0.1, 0.15) is 25.8 Å². The van der Waals surface area contributed by atoms with Gasteiger partial charge in [0.05, 0.1) is 10.6 Å². The van der Waals surface area contributed by atoms with Crippen molar-refractivity contribution in [2.24, 2.45) is 11.7 Å². The van der Waals surface area contributed by atoms with Crippen LogP contribution in [0.4, 0.5) is 5.69 Å². The lowest BCUT2D eigenvalue weighted by Gasteiger charge is -2.23. The fourth-order valence-corrected chi connectivity index (χ4v) is 1.94. The molecule has 0 saturated carbocycles. The highest BCUT2D eigenvalue weighted by Crippen LogP contribution is 2.26. The Morgan fingerprint density at radius 3 is 2.65 bits per heavy atom. The second kappa shape index (κ2) is 5.92. The zero-order chi connectivity index (χ0) is 13.0. The lowest BCUT2D eigenvalue weighted by atomic mass is 10.1. The lowest BCUT2D eigenvalue weighted by molar-refractivity contribution is 0.585. The summed E-state index contributed by atoms with van der Waals surface area (Å²) in [5.41, 5.74) is 7.13. The molecule has 1 aromatic carbocycles. The van der Waals surface area contributed by atoms with Crippen molar-refractivity contribution >= 4 is 23.1 Å². The van der Waals surface area contributed by atoms with Gasteiger partial charge in [0.2, 0.25) is 0 Å².